The molecule has 5 atom stereocenters. The molecular formula is C36H68O17P2. The first-order valence-electron chi connectivity index (χ1n) is 19.8. The number of hydrogen-bond acceptors (Lipinski definition) is 15. The highest BCUT2D eigenvalue weighted by Crippen LogP contribution is 2.45. The third kappa shape index (κ3) is 32.8. The molecule has 0 spiro atoms. The zero-order valence-electron chi connectivity index (χ0n) is 33.4. The van der Waals surface area contributed by atoms with E-state index in [1.807, 2.05) is 6.92 Å². The van der Waals surface area contributed by atoms with Crippen molar-refractivity contribution < 1.29 is 80.2 Å². The highest BCUT2D eigenvalue weighted by molar-refractivity contribution is 7.47. The van der Waals surface area contributed by atoms with Gasteiger partial charge in [0.1, 0.15) is 19.3 Å². The molecule has 0 saturated heterocycles. The van der Waals surface area contributed by atoms with E-state index < -0.39 is 97.5 Å². The SMILES string of the molecule is CCCCCCCCC(=O)O[C@H](COC(=O)CCC)COP(=O)(O)OC[C@H](O)COP(=O)(O)OC[C@@H](COC(=O)CCCC)OC(=O)CCCCCCCC. The molecule has 55 heavy (non-hydrogen) atoms. The van der Waals surface area contributed by atoms with Crippen molar-refractivity contribution in [2.75, 3.05) is 39.6 Å². The van der Waals surface area contributed by atoms with E-state index in [1.165, 1.54) is 0 Å². The lowest BCUT2D eigenvalue weighted by molar-refractivity contribution is -0.161. The minimum atomic E-state index is -4.89. The third-order valence-electron chi connectivity index (χ3n) is 7.82. The first-order chi connectivity index (χ1) is 26.2. The van der Waals surface area contributed by atoms with Crippen LogP contribution in [0.4, 0.5) is 0 Å². The summed E-state index contributed by atoms with van der Waals surface area (Å²) in [5.74, 6) is -2.29. The quantitative estimate of drug-likeness (QED) is 0.0247. The van der Waals surface area contributed by atoms with Crippen LogP contribution in [0.2, 0.25) is 0 Å². The molecule has 0 aliphatic carbocycles. The maximum atomic E-state index is 12.5. The van der Waals surface area contributed by atoms with Crippen LogP contribution >= 0.6 is 15.6 Å². The van der Waals surface area contributed by atoms with Gasteiger partial charge < -0.3 is 33.8 Å². The molecule has 0 bridgehead atoms. The normalized spacial score (nSPS) is 15.3. The monoisotopic (exact) mass is 834 g/mol. The molecule has 0 aromatic heterocycles. The standard InChI is InChI=1S/C36H68O17P2/c1-5-9-12-14-16-18-22-35(40)52-31(26-46-33(38)20-8-4)28-50-54(42,43)48-24-30(37)25-49-55(44,45)51-29-32(27-47-34(39)21-11-7-3)53-36(41)23-19-17-15-13-10-6-2/h30-32,37H,5-29H2,1-4H3,(H,42,43)(H,44,45)/t30-,31+,32+/m0/s1. The maximum absolute atomic E-state index is 12.5. The number of carbonyl (C=O) groups is 4. The Kier molecular flexibility index (Phi) is 31.9. The summed E-state index contributed by atoms with van der Waals surface area (Å²) in [5, 5.41) is 10.2. The van der Waals surface area contributed by atoms with Crippen molar-refractivity contribution in [1.29, 1.82) is 0 Å². The van der Waals surface area contributed by atoms with Gasteiger partial charge in [0.15, 0.2) is 12.2 Å². The van der Waals surface area contributed by atoms with E-state index in [9.17, 15) is 43.2 Å². The van der Waals surface area contributed by atoms with Gasteiger partial charge in [-0.1, -0.05) is 98.3 Å². The number of phosphoric ester groups is 2. The van der Waals surface area contributed by atoms with Crippen LogP contribution in [0.1, 0.15) is 150 Å². The molecule has 0 aromatic rings. The number of unbranched alkanes of at least 4 members (excludes halogenated alkanes) is 11. The fraction of sp³-hybridized carbons (Fsp3) is 0.889. The molecule has 0 heterocycles. The van der Waals surface area contributed by atoms with Crippen molar-refractivity contribution in [3.05, 3.63) is 0 Å². The van der Waals surface area contributed by atoms with Gasteiger partial charge in [-0.3, -0.25) is 37.3 Å². The number of carbonyl (C=O) groups excluding carboxylic acids is 4. The maximum Gasteiger partial charge on any atom is 0.472 e. The van der Waals surface area contributed by atoms with Crippen molar-refractivity contribution in [3.8, 4) is 0 Å². The van der Waals surface area contributed by atoms with E-state index in [4.69, 9.17) is 37.0 Å². The van der Waals surface area contributed by atoms with E-state index >= 15 is 0 Å². The van der Waals surface area contributed by atoms with Gasteiger partial charge in [-0.05, 0) is 25.7 Å². The topological polar surface area (TPSA) is 237 Å². The third-order valence-corrected chi connectivity index (χ3v) is 9.72. The van der Waals surface area contributed by atoms with Crippen LogP contribution in [0, 0.1) is 0 Å². The van der Waals surface area contributed by atoms with Gasteiger partial charge in [-0.15, -0.1) is 0 Å². The summed E-state index contributed by atoms with van der Waals surface area (Å²) in [5.41, 5.74) is 0. The van der Waals surface area contributed by atoms with Gasteiger partial charge in [0.2, 0.25) is 0 Å². The van der Waals surface area contributed by atoms with Crippen molar-refractivity contribution in [2.24, 2.45) is 0 Å². The predicted octanol–water partition coefficient (Wildman–Crippen LogP) is 7.02. The molecule has 0 amide bonds. The number of hydrogen-bond donors (Lipinski definition) is 3. The molecule has 0 fully saturated rings. The van der Waals surface area contributed by atoms with E-state index in [-0.39, 0.29) is 25.7 Å². The summed E-state index contributed by atoms with van der Waals surface area (Å²) < 4.78 is 65.3. The molecule has 0 radical (unpaired) electrons. The van der Waals surface area contributed by atoms with Gasteiger partial charge >= 0.3 is 39.5 Å². The van der Waals surface area contributed by atoms with Crippen molar-refractivity contribution in [1.82, 2.24) is 0 Å². The van der Waals surface area contributed by atoms with E-state index in [0.29, 0.717) is 25.7 Å². The Bertz CT molecular complexity index is 1140. The second-order valence-corrected chi connectivity index (χ2v) is 16.2. The predicted molar refractivity (Wildman–Crippen MR) is 202 cm³/mol. The zero-order chi connectivity index (χ0) is 41.4. The van der Waals surface area contributed by atoms with Crippen LogP contribution in [0.25, 0.3) is 0 Å². The minimum Gasteiger partial charge on any atom is -0.462 e. The smallest absolute Gasteiger partial charge is 0.462 e. The average Bonchev–Trinajstić information content (AvgIpc) is 3.14. The summed E-state index contributed by atoms with van der Waals surface area (Å²) in [7, 11) is -9.77. The second kappa shape index (κ2) is 33.1. The van der Waals surface area contributed by atoms with Crippen LogP contribution < -0.4 is 0 Å². The number of esters is 4. The van der Waals surface area contributed by atoms with E-state index in [1.54, 1.807) is 6.92 Å². The van der Waals surface area contributed by atoms with Crippen LogP contribution in [-0.4, -0.2) is 96.7 Å². The number of aliphatic hydroxyl groups is 1. The highest BCUT2D eigenvalue weighted by Gasteiger charge is 2.30. The number of ether oxygens (including phenoxy) is 4. The van der Waals surface area contributed by atoms with Crippen LogP contribution in [0.15, 0.2) is 0 Å². The molecule has 2 unspecified atom stereocenters. The number of phosphoric acid groups is 2. The van der Waals surface area contributed by atoms with Crippen LogP contribution in [-0.2, 0) is 65.4 Å². The molecule has 17 nitrogen and oxygen atoms in total. The van der Waals surface area contributed by atoms with Crippen LogP contribution in [0.3, 0.4) is 0 Å². The lowest BCUT2D eigenvalue weighted by Crippen LogP contribution is -2.30. The molecule has 3 N–H and O–H groups in total. The zero-order valence-corrected chi connectivity index (χ0v) is 35.2. The summed E-state index contributed by atoms with van der Waals surface area (Å²) in [6.45, 7) is 3.88. The van der Waals surface area contributed by atoms with Gasteiger partial charge in [-0.2, -0.15) is 0 Å². The fourth-order valence-electron chi connectivity index (χ4n) is 4.70. The van der Waals surface area contributed by atoms with Gasteiger partial charge in [-0.25, -0.2) is 9.13 Å². The summed E-state index contributed by atoms with van der Waals surface area (Å²) in [4.78, 5) is 69.0. The van der Waals surface area contributed by atoms with E-state index in [2.05, 4.69) is 13.8 Å². The molecule has 0 aliphatic rings. The lowest BCUT2D eigenvalue weighted by Gasteiger charge is -2.21. The summed E-state index contributed by atoms with van der Waals surface area (Å²) in [6.07, 6.45) is 9.47. The van der Waals surface area contributed by atoms with Crippen molar-refractivity contribution in [3.63, 3.8) is 0 Å². The van der Waals surface area contributed by atoms with Gasteiger partial charge in [0, 0.05) is 25.7 Å². The number of rotatable bonds is 37. The van der Waals surface area contributed by atoms with E-state index in [0.717, 1.165) is 70.6 Å². The number of aliphatic hydroxyl groups excluding tert-OH is 1. The molecule has 0 rings (SSSR count). The average molecular weight is 835 g/mol. The summed E-state index contributed by atoms with van der Waals surface area (Å²) >= 11 is 0. The largest absolute Gasteiger partial charge is 0.472 e. The van der Waals surface area contributed by atoms with Crippen molar-refractivity contribution in [2.45, 2.75) is 168 Å². The second-order valence-electron chi connectivity index (χ2n) is 13.3. The first-order valence-corrected chi connectivity index (χ1v) is 22.8. The molecule has 324 valence electrons. The lowest BCUT2D eigenvalue weighted by atomic mass is 10.1. The Labute approximate surface area is 327 Å². The molecule has 0 saturated carbocycles. The first kappa shape index (κ1) is 53.1. The molecular weight excluding hydrogens is 766 g/mol. The molecule has 0 aliphatic heterocycles. The molecule has 19 heteroatoms. The highest BCUT2D eigenvalue weighted by atomic mass is 31.2. The fourth-order valence-corrected chi connectivity index (χ4v) is 6.28. The Morgan fingerprint density at radius 3 is 1.18 bits per heavy atom. The van der Waals surface area contributed by atoms with Gasteiger partial charge in [0.25, 0.3) is 0 Å². The van der Waals surface area contributed by atoms with Crippen LogP contribution in [0.5, 0.6) is 0 Å². The Balaban J connectivity index is 4.98. The summed E-state index contributed by atoms with van der Waals surface area (Å²) in [6, 6.07) is 0. The Morgan fingerprint density at radius 1 is 0.436 bits per heavy atom. The Morgan fingerprint density at radius 2 is 0.782 bits per heavy atom. The van der Waals surface area contributed by atoms with Crippen molar-refractivity contribution >= 4 is 39.5 Å². The van der Waals surface area contributed by atoms with Gasteiger partial charge in [0.05, 0.1) is 26.4 Å². The Hall–Kier alpha value is -1.94. The molecule has 0 aromatic carbocycles. The minimum absolute atomic E-state index is 0.0982.